The van der Waals surface area contributed by atoms with Gasteiger partial charge in [0.1, 0.15) is 0 Å². The highest BCUT2D eigenvalue weighted by Gasteiger charge is 2.08. The first-order chi connectivity index (χ1) is 9.54. The number of aliphatic hydroxyl groups is 1. The Morgan fingerprint density at radius 3 is 2.50 bits per heavy atom. The Morgan fingerprint density at radius 2 is 1.95 bits per heavy atom. The second-order valence-electron chi connectivity index (χ2n) is 5.05. The van der Waals surface area contributed by atoms with E-state index in [1.165, 1.54) is 0 Å². The zero-order valence-corrected chi connectivity index (χ0v) is 12.3. The maximum Gasteiger partial charge on any atom is 0.321 e. The second-order valence-corrected chi connectivity index (χ2v) is 5.05. The van der Waals surface area contributed by atoms with Crippen LogP contribution in [0, 0.1) is 0 Å². The predicted octanol–water partition coefficient (Wildman–Crippen LogP) is 2.33. The minimum atomic E-state index is -0.123. The molecule has 1 atom stereocenters. The number of benzene rings is 1. The van der Waals surface area contributed by atoms with Crippen LogP contribution in [0.5, 0.6) is 0 Å². The number of carbonyl (C=O) groups is 1. The third-order valence-corrected chi connectivity index (χ3v) is 3.19. The second kappa shape index (κ2) is 8.55. The summed E-state index contributed by atoms with van der Waals surface area (Å²) >= 11 is 0. The number of hydrogen-bond donors (Lipinski definition) is 3. The summed E-state index contributed by atoms with van der Waals surface area (Å²) in [5.41, 5.74) is 7.59. The van der Waals surface area contributed by atoms with Gasteiger partial charge in [0.15, 0.2) is 0 Å². The van der Waals surface area contributed by atoms with Crippen molar-refractivity contribution in [3.8, 4) is 0 Å². The third-order valence-electron chi connectivity index (χ3n) is 3.19. The Bertz CT molecular complexity index is 404. The summed E-state index contributed by atoms with van der Waals surface area (Å²) in [6.45, 7) is 2.82. The summed E-state index contributed by atoms with van der Waals surface area (Å²) in [5, 5.41) is 11.5. The molecule has 20 heavy (non-hydrogen) atoms. The Kier molecular flexibility index (Phi) is 7.04. The van der Waals surface area contributed by atoms with E-state index in [9.17, 15) is 4.79 Å². The van der Waals surface area contributed by atoms with Crippen LogP contribution in [0.4, 0.5) is 10.5 Å². The highest BCUT2D eigenvalue weighted by molar-refractivity contribution is 5.89. The van der Waals surface area contributed by atoms with Gasteiger partial charge in [0.05, 0.1) is 0 Å². The summed E-state index contributed by atoms with van der Waals surface area (Å²) in [4.78, 5) is 13.6. The largest absolute Gasteiger partial charge is 0.396 e. The van der Waals surface area contributed by atoms with Gasteiger partial charge >= 0.3 is 6.03 Å². The summed E-state index contributed by atoms with van der Waals surface area (Å²) in [5.74, 6) is 0. The molecule has 5 heteroatoms. The van der Waals surface area contributed by atoms with Gasteiger partial charge in [0.2, 0.25) is 0 Å². The van der Waals surface area contributed by atoms with Crippen LogP contribution in [-0.2, 0) is 0 Å². The zero-order valence-electron chi connectivity index (χ0n) is 12.3. The first kappa shape index (κ1) is 16.5. The molecular weight excluding hydrogens is 254 g/mol. The van der Waals surface area contributed by atoms with E-state index in [0.29, 0.717) is 6.54 Å². The lowest BCUT2D eigenvalue weighted by atomic mass is 10.1. The molecule has 1 aromatic rings. The molecule has 4 N–H and O–H groups in total. The molecule has 1 aromatic carbocycles. The number of amides is 2. The number of urea groups is 1. The standard InChI is InChI=1S/C15H25N3O2/c1-12(16)13-6-8-14(9-7-13)17-15(20)18(2)10-4-3-5-11-19/h6-9,12,19H,3-5,10-11,16H2,1-2H3,(H,17,20). The maximum atomic E-state index is 11.9. The smallest absolute Gasteiger partial charge is 0.321 e. The summed E-state index contributed by atoms with van der Waals surface area (Å²) < 4.78 is 0. The summed E-state index contributed by atoms with van der Waals surface area (Å²) in [7, 11) is 1.77. The van der Waals surface area contributed by atoms with Crippen LogP contribution in [0.2, 0.25) is 0 Å². The lowest BCUT2D eigenvalue weighted by molar-refractivity contribution is 0.220. The van der Waals surface area contributed by atoms with Crippen molar-refractivity contribution >= 4 is 11.7 Å². The first-order valence-electron chi connectivity index (χ1n) is 7.03. The van der Waals surface area contributed by atoms with Gasteiger partial charge in [-0.05, 0) is 43.9 Å². The van der Waals surface area contributed by atoms with Crippen LogP contribution in [0.3, 0.4) is 0 Å². The van der Waals surface area contributed by atoms with E-state index < -0.39 is 0 Å². The molecule has 1 unspecified atom stereocenters. The van der Waals surface area contributed by atoms with Gasteiger partial charge < -0.3 is 21.1 Å². The minimum absolute atomic E-state index is 0.00560. The molecule has 0 aliphatic heterocycles. The Hall–Kier alpha value is -1.59. The quantitative estimate of drug-likeness (QED) is 0.670. The monoisotopic (exact) mass is 279 g/mol. The SMILES string of the molecule is CC(N)c1ccc(NC(=O)N(C)CCCCCO)cc1. The van der Waals surface area contributed by atoms with Gasteiger partial charge in [-0.3, -0.25) is 0 Å². The van der Waals surface area contributed by atoms with Gasteiger partial charge in [0.25, 0.3) is 0 Å². The normalized spacial score (nSPS) is 12.0. The molecule has 0 saturated heterocycles. The van der Waals surface area contributed by atoms with Crippen molar-refractivity contribution in [2.24, 2.45) is 5.73 Å². The molecule has 0 fully saturated rings. The Labute approximate surface area is 120 Å². The average Bonchev–Trinajstić information content (AvgIpc) is 2.44. The van der Waals surface area contributed by atoms with E-state index in [0.717, 1.165) is 30.5 Å². The molecule has 5 nitrogen and oxygen atoms in total. The van der Waals surface area contributed by atoms with E-state index in [-0.39, 0.29) is 18.7 Å². The van der Waals surface area contributed by atoms with Gasteiger partial charge in [0, 0.05) is 31.9 Å². The van der Waals surface area contributed by atoms with E-state index in [2.05, 4.69) is 5.32 Å². The van der Waals surface area contributed by atoms with Crippen molar-refractivity contribution in [1.82, 2.24) is 4.90 Å². The van der Waals surface area contributed by atoms with Crippen molar-refractivity contribution in [3.05, 3.63) is 29.8 Å². The van der Waals surface area contributed by atoms with Crippen LogP contribution in [0.1, 0.15) is 37.8 Å². The number of nitrogens with zero attached hydrogens (tertiary/aromatic N) is 1. The lowest BCUT2D eigenvalue weighted by Crippen LogP contribution is -2.32. The molecule has 2 amide bonds. The van der Waals surface area contributed by atoms with Gasteiger partial charge in [-0.1, -0.05) is 12.1 Å². The van der Waals surface area contributed by atoms with Gasteiger partial charge in [-0.25, -0.2) is 4.79 Å². The number of unbranched alkanes of at least 4 members (excludes halogenated alkanes) is 2. The van der Waals surface area contributed by atoms with Gasteiger partial charge in [-0.2, -0.15) is 0 Å². The molecule has 0 saturated carbocycles. The molecule has 0 spiro atoms. The lowest BCUT2D eigenvalue weighted by Gasteiger charge is -2.18. The third kappa shape index (κ3) is 5.59. The van der Waals surface area contributed by atoms with E-state index in [1.54, 1.807) is 11.9 Å². The molecule has 0 aromatic heterocycles. The number of aliphatic hydroxyl groups excluding tert-OH is 1. The zero-order chi connectivity index (χ0) is 15.0. The molecule has 0 aliphatic rings. The van der Waals surface area contributed by atoms with Crippen molar-refractivity contribution in [2.45, 2.75) is 32.2 Å². The first-order valence-corrected chi connectivity index (χ1v) is 7.03. The van der Waals surface area contributed by atoms with Crippen LogP contribution in [0.25, 0.3) is 0 Å². The number of anilines is 1. The fourth-order valence-electron chi connectivity index (χ4n) is 1.83. The predicted molar refractivity (Wildman–Crippen MR) is 81.6 cm³/mol. The molecule has 112 valence electrons. The van der Waals surface area contributed by atoms with Crippen LogP contribution in [0.15, 0.2) is 24.3 Å². The van der Waals surface area contributed by atoms with Crippen molar-refractivity contribution in [2.75, 3.05) is 25.5 Å². The summed E-state index contributed by atoms with van der Waals surface area (Å²) in [6, 6.07) is 7.42. The molecule has 0 aliphatic carbocycles. The number of hydrogen-bond acceptors (Lipinski definition) is 3. The fraction of sp³-hybridized carbons (Fsp3) is 0.533. The van der Waals surface area contributed by atoms with Crippen molar-refractivity contribution in [1.29, 1.82) is 0 Å². The molecule has 0 radical (unpaired) electrons. The van der Waals surface area contributed by atoms with Crippen LogP contribution in [-0.4, -0.2) is 36.2 Å². The maximum absolute atomic E-state index is 11.9. The molecule has 0 heterocycles. The fourth-order valence-corrected chi connectivity index (χ4v) is 1.83. The minimum Gasteiger partial charge on any atom is -0.396 e. The Morgan fingerprint density at radius 1 is 1.30 bits per heavy atom. The van der Waals surface area contributed by atoms with E-state index >= 15 is 0 Å². The van der Waals surface area contributed by atoms with Crippen molar-refractivity contribution in [3.63, 3.8) is 0 Å². The molecule has 0 bridgehead atoms. The number of rotatable bonds is 7. The highest BCUT2D eigenvalue weighted by atomic mass is 16.2. The average molecular weight is 279 g/mol. The number of nitrogens with two attached hydrogens (primary N) is 1. The topological polar surface area (TPSA) is 78.6 Å². The van der Waals surface area contributed by atoms with Crippen LogP contribution < -0.4 is 11.1 Å². The van der Waals surface area contributed by atoms with Crippen molar-refractivity contribution < 1.29 is 9.90 Å². The molecule has 1 rings (SSSR count). The Balaban J connectivity index is 2.40. The van der Waals surface area contributed by atoms with Gasteiger partial charge in [-0.15, -0.1) is 0 Å². The van der Waals surface area contributed by atoms with E-state index in [4.69, 9.17) is 10.8 Å². The highest BCUT2D eigenvalue weighted by Crippen LogP contribution is 2.14. The van der Waals surface area contributed by atoms with Crippen LogP contribution >= 0.6 is 0 Å². The number of nitrogens with one attached hydrogen (secondary N) is 1. The van der Waals surface area contributed by atoms with E-state index in [1.807, 2.05) is 31.2 Å². The molecular formula is C15H25N3O2. The summed E-state index contributed by atoms with van der Waals surface area (Å²) in [6.07, 6.45) is 2.61. The number of carbonyl (C=O) groups excluding carboxylic acids is 1.